The zero-order chi connectivity index (χ0) is 19.1. The molecule has 0 aliphatic rings. The molecular formula is C18H18ClNO6. The largest absolute Gasteiger partial charge is 0.478 e. The molecular weight excluding hydrogens is 362 g/mol. The molecule has 1 amide bonds. The third kappa shape index (κ3) is 5.19. The van der Waals surface area contributed by atoms with E-state index < -0.39 is 24.3 Å². The molecule has 2 unspecified atom stereocenters. The van der Waals surface area contributed by atoms with Gasteiger partial charge in [-0.25, -0.2) is 9.59 Å². The molecule has 0 saturated heterocycles. The third-order valence-corrected chi connectivity index (χ3v) is 4.03. The van der Waals surface area contributed by atoms with E-state index in [-0.39, 0.29) is 29.3 Å². The van der Waals surface area contributed by atoms with Crippen LogP contribution in [0.5, 0.6) is 0 Å². The van der Waals surface area contributed by atoms with E-state index in [4.69, 9.17) is 21.4 Å². The molecule has 7 nitrogen and oxygen atoms in total. The van der Waals surface area contributed by atoms with Crippen molar-refractivity contribution in [2.24, 2.45) is 0 Å². The summed E-state index contributed by atoms with van der Waals surface area (Å²) in [5.41, 5.74) is 0.671. The zero-order valence-corrected chi connectivity index (χ0v) is 14.4. The molecule has 0 spiro atoms. The Hall–Kier alpha value is -2.61. The van der Waals surface area contributed by atoms with E-state index in [1.807, 2.05) is 18.2 Å². The lowest BCUT2D eigenvalue weighted by Crippen LogP contribution is -2.36. The van der Waals surface area contributed by atoms with Crippen molar-refractivity contribution in [1.82, 2.24) is 5.32 Å². The summed E-state index contributed by atoms with van der Waals surface area (Å²) in [4.78, 5) is 22.7. The first-order valence-electron chi connectivity index (χ1n) is 7.72. The number of aromatic carboxylic acids is 1. The van der Waals surface area contributed by atoms with Gasteiger partial charge in [0.25, 0.3) is 0 Å². The standard InChI is InChI=1S/C18H18ClNO6/c19-15-12(7-4-8-13(15)17(23)24)16(22)14(21)9-20-18(25)26-10-11-5-2-1-3-6-11/h1-8,14,16,21-22H,9-10H2,(H,20,25)(H,23,24). The van der Waals surface area contributed by atoms with Crippen molar-refractivity contribution < 1.29 is 29.6 Å². The minimum absolute atomic E-state index is 0.0542. The van der Waals surface area contributed by atoms with Crippen molar-refractivity contribution in [3.05, 3.63) is 70.2 Å². The lowest BCUT2D eigenvalue weighted by atomic mass is 10.0. The summed E-state index contributed by atoms with van der Waals surface area (Å²) < 4.78 is 4.99. The minimum Gasteiger partial charge on any atom is -0.478 e. The maximum absolute atomic E-state index is 11.7. The van der Waals surface area contributed by atoms with Crippen molar-refractivity contribution in [2.75, 3.05) is 6.54 Å². The predicted molar refractivity (Wildman–Crippen MR) is 94.0 cm³/mol. The Morgan fingerprint density at radius 1 is 1.08 bits per heavy atom. The van der Waals surface area contributed by atoms with Gasteiger partial charge in [-0.2, -0.15) is 0 Å². The lowest BCUT2D eigenvalue weighted by molar-refractivity contribution is 0.0184. The quantitative estimate of drug-likeness (QED) is 0.587. The molecule has 2 aromatic rings. The molecule has 0 radical (unpaired) electrons. The number of aliphatic hydroxyl groups is 2. The smallest absolute Gasteiger partial charge is 0.407 e. The first-order valence-corrected chi connectivity index (χ1v) is 8.10. The summed E-state index contributed by atoms with van der Waals surface area (Å²) in [5.74, 6) is -1.25. The fourth-order valence-corrected chi connectivity index (χ4v) is 2.54. The van der Waals surface area contributed by atoms with Crippen LogP contribution in [0.1, 0.15) is 27.6 Å². The van der Waals surface area contributed by atoms with Crippen molar-refractivity contribution >= 4 is 23.7 Å². The SMILES string of the molecule is O=C(NCC(O)C(O)c1cccc(C(=O)O)c1Cl)OCc1ccccc1. The third-order valence-electron chi connectivity index (χ3n) is 3.61. The van der Waals surface area contributed by atoms with Gasteiger partial charge in [0.1, 0.15) is 18.8 Å². The number of carbonyl (C=O) groups excluding carboxylic acids is 1. The molecule has 2 rings (SSSR count). The van der Waals surface area contributed by atoms with Crippen molar-refractivity contribution in [3.8, 4) is 0 Å². The summed E-state index contributed by atoms with van der Waals surface area (Å²) in [6.07, 6.45) is -3.64. The maximum atomic E-state index is 11.7. The van der Waals surface area contributed by atoms with Crippen LogP contribution in [0.4, 0.5) is 4.79 Å². The second-order valence-corrected chi connectivity index (χ2v) is 5.85. The molecule has 0 saturated carbocycles. The normalized spacial score (nSPS) is 12.9. The first-order chi connectivity index (χ1) is 12.4. The number of ether oxygens (including phenoxy) is 1. The van der Waals surface area contributed by atoms with Gasteiger partial charge in [-0.15, -0.1) is 0 Å². The van der Waals surface area contributed by atoms with Gasteiger partial charge >= 0.3 is 12.1 Å². The number of amides is 1. The first kappa shape index (κ1) is 19.7. The van der Waals surface area contributed by atoms with E-state index in [1.54, 1.807) is 12.1 Å². The molecule has 0 aromatic heterocycles. The number of alkyl carbamates (subject to hydrolysis) is 1. The highest BCUT2D eigenvalue weighted by Gasteiger charge is 2.24. The molecule has 8 heteroatoms. The van der Waals surface area contributed by atoms with Gasteiger partial charge in [-0.1, -0.05) is 54.1 Å². The van der Waals surface area contributed by atoms with Crippen LogP contribution in [0, 0.1) is 0 Å². The Balaban J connectivity index is 1.89. The molecule has 26 heavy (non-hydrogen) atoms. The van der Waals surface area contributed by atoms with Crippen LogP contribution >= 0.6 is 11.6 Å². The number of aliphatic hydroxyl groups excluding tert-OH is 2. The van der Waals surface area contributed by atoms with Crippen LogP contribution in [0.2, 0.25) is 5.02 Å². The molecule has 138 valence electrons. The van der Waals surface area contributed by atoms with Crippen molar-refractivity contribution in [3.63, 3.8) is 0 Å². The zero-order valence-electron chi connectivity index (χ0n) is 13.6. The van der Waals surface area contributed by atoms with Crippen molar-refractivity contribution in [2.45, 2.75) is 18.8 Å². The molecule has 0 aliphatic heterocycles. The number of benzene rings is 2. The van der Waals surface area contributed by atoms with Crippen LogP contribution in [0.15, 0.2) is 48.5 Å². The molecule has 0 aliphatic carbocycles. The predicted octanol–water partition coefficient (Wildman–Crippen LogP) is 2.36. The van der Waals surface area contributed by atoms with Crippen LogP contribution in [-0.4, -0.2) is 40.0 Å². The van der Waals surface area contributed by atoms with Gasteiger partial charge < -0.3 is 25.4 Å². The van der Waals surface area contributed by atoms with E-state index in [2.05, 4.69) is 5.32 Å². The van der Waals surface area contributed by atoms with Gasteiger partial charge in [0, 0.05) is 12.1 Å². The number of carboxylic acids is 1. The van der Waals surface area contributed by atoms with Gasteiger partial charge in [-0.3, -0.25) is 0 Å². The Morgan fingerprint density at radius 3 is 2.42 bits per heavy atom. The maximum Gasteiger partial charge on any atom is 0.407 e. The monoisotopic (exact) mass is 379 g/mol. The number of halogens is 1. The topological polar surface area (TPSA) is 116 Å². The second kappa shape index (κ2) is 9.19. The Kier molecular flexibility index (Phi) is 6.97. The average molecular weight is 380 g/mol. The number of rotatable bonds is 7. The summed E-state index contributed by atoms with van der Waals surface area (Å²) in [7, 11) is 0. The second-order valence-electron chi connectivity index (χ2n) is 5.47. The van der Waals surface area contributed by atoms with Gasteiger partial charge in [0.15, 0.2) is 0 Å². The Bertz CT molecular complexity index is 768. The molecule has 2 atom stereocenters. The van der Waals surface area contributed by atoms with E-state index in [0.717, 1.165) is 5.56 Å². The number of carboxylic acid groups (broad SMARTS) is 1. The molecule has 0 bridgehead atoms. The summed E-state index contributed by atoms with van der Waals surface area (Å²) in [6, 6.07) is 13.1. The number of hydrogen-bond acceptors (Lipinski definition) is 5. The Labute approximate surface area is 154 Å². The van der Waals surface area contributed by atoms with Gasteiger partial charge in [-0.05, 0) is 11.6 Å². The molecule has 0 fully saturated rings. The van der Waals surface area contributed by atoms with E-state index in [0.29, 0.717) is 0 Å². The fourth-order valence-electron chi connectivity index (χ4n) is 2.22. The van der Waals surface area contributed by atoms with E-state index in [1.165, 1.54) is 18.2 Å². The van der Waals surface area contributed by atoms with Gasteiger partial charge in [0.05, 0.1) is 10.6 Å². The Morgan fingerprint density at radius 2 is 1.77 bits per heavy atom. The molecule has 4 N–H and O–H groups in total. The van der Waals surface area contributed by atoms with Crippen LogP contribution in [0.25, 0.3) is 0 Å². The fraction of sp³-hybridized carbons (Fsp3) is 0.222. The molecule has 0 heterocycles. The van der Waals surface area contributed by atoms with Crippen LogP contribution < -0.4 is 5.32 Å². The minimum atomic E-state index is -1.48. The van der Waals surface area contributed by atoms with E-state index >= 15 is 0 Å². The van der Waals surface area contributed by atoms with Crippen LogP contribution in [0.3, 0.4) is 0 Å². The van der Waals surface area contributed by atoms with Crippen LogP contribution in [-0.2, 0) is 11.3 Å². The highest BCUT2D eigenvalue weighted by atomic mass is 35.5. The summed E-state index contributed by atoms with van der Waals surface area (Å²) in [5, 5.41) is 31.4. The number of nitrogens with one attached hydrogen (secondary N) is 1. The number of carbonyl (C=O) groups is 2. The van der Waals surface area contributed by atoms with Gasteiger partial charge in [0.2, 0.25) is 0 Å². The molecule has 2 aromatic carbocycles. The number of hydrogen-bond donors (Lipinski definition) is 4. The lowest BCUT2D eigenvalue weighted by Gasteiger charge is -2.20. The van der Waals surface area contributed by atoms with Crippen molar-refractivity contribution in [1.29, 1.82) is 0 Å². The summed E-state index contributed by atoms with van der Waals surface area (Å²) >= 11 is 5.96. The highest BCUT2D eigenvalue weighted by molar-refractivity contribution is 6.34. The van der Waals surface area contributed by atoms with E-state index in [9.17, 15) is 19.8 Å². The highest BCUT2D eigenvalue weighted by Crippen LogP contribution is 2.28. The summed E-state index contributed by atoms with van der Waals surface area (Å²) in [6.45, 7) is -0.236. The average Bonchev–Trinajstić information content (AvgIpc) is 2.64.